The van der Waals surface area contributed by atoms with Crippen molar-refractivity contribution in [3.05, 3.63) is 17.5 Å². The van der Waals surface area contributed by atoms with Crippen LogP contribution in [0.15, 0.2) is 21.7 Å². The highest BCUT2D eigenvalue weighted by Gasteiger charge is 2.38. The first-order chi connectivity index (χ1) is 10.6. The molecule has 0 aliphatic carbocycles. The average molecular weight is 360 g/mol. The molecule has 0 unspecified atom stereocenters. The van der Waals surface area contributed by atoms with Crippen molar-refractivity contribution < 1.29 is 22.7 Å². The fraction of sp³-hybridized carbons (Fsp3) is 0.571. The minimum absolute atomic E-state index is 0.0627. The molecule has 9 heteroatoms. The fourth-order valence-corrected chi connectivity index (χ4v) is 4.25. The summed E-state index contributed by atoms with van der Waals surface area (Å²) in [5, 5.41) is 1.61. The standard InChI is InChI=1S/C14H20N2O5S2/c1-14(2,3)21-13(18)16-8-4-6-10(16)12(17)15-23(19,20)11-7-5-9-22-11/h5,7,9-10H,4,6,8H2,1-3H3,(H,15,17)/t10-/m0/s1. The number of carbonyl (C=O) groups is 2. The summed E-state index contributed by atoms with van der Waals surface area (Å²) in [5.41, 5.74) is -0.677. The summed E-state index contributed by atoms with van der Waals surface area (Å²) in [6, 6.07) is 2.17. The van der Waals surface area contributed by atoms with Crippen molar-refractivity contribution >= 4 is 33.4 Å². The maximum absolute atomic E-state index is 12.3. The van der Waals surface area contributed by atoms with E-state index >= 15 is 0 Å². The third-order valence-corrected chi connectivity index (χ3v) is 5.92. The molecular formula is C14H20N2O5S2. The first-order valence-corrected chi connectivity index (χ1v) is 9.56. The van der Waals surface area contributed by atoms with Gasteiger partial charge < -0.3 is 4.74 Å². The van der Waals surface area contributed by atoms with Crippen LogP contribution in [0.3, 0.4) is 0 Å². The first kappa shape index (κ1) is 17.7. The number of carbonyl (C=O) groups excluding carboxylic acids is 2. The number of rotatable bonds is 3. The minimum Gasteiger partial charge on any atom is -0.444 e. The zero-order chi connectivity index (χ0) is 17.3. The quantitative estimate of drug-likeness (QED) is 0.889. The number of nitrogens with one attached hydrogen (secondary N) is 1. The molecule has 2 heterocycles. The van der Waals surface area contributed by atoms with E-state index in [1.807, 2.05) is 4.72 Å². The SMILES string of the molecule is CC(C)(C)OC(=O)N1CCC[C@H]1C(=O)NS(=O)(=O)c1cccs1. The Morgan fingerprint density at radius 1 is 1.39 bits per heavy atom. The summed E-state index contributed by atoms with van der Waals surface area (Å²) in [7, 11) is -3.90. The smallest absolute Gasteiger partial charge is 0.410 e. The van der Waals surface area contributed by atoms with Crippen molar-refractivity contribution in [2.75, 3.05) is 6.54 Å². The van der Waals surface area contributed by atoms with Gasteiger partial charge in [0.1, 0.15) is 15.9 Å². The molecule has 0 spiro atoms. The predicted molar refractivity (Wildman–Crippen MR) is 85.6 cm³/mol. The molecule has 0 aromatic carbocycles. The Balaban J connectivity index is 2.08. The number of ether oxygens (including phenoxy) is 1. The van der Waals surface area contributed by atoms with Crippen molar-refractivity contribution in [2.24, 2.45) is 0 Å². The van der Waals surface area contributed by atoms with Crippen LogP contribution in [0.1, 0.15) is 33.6 Å². The van der Waals surface area contributed by atoms with Gasteiger partial charge in [-0.2, -0.15) is 0 Å². The molecule has 1 N–H and O–H groups in total. The summed E-state index contributed by atoms with van der Waals surface area (Å²) in [6.07, 6.45) is 0.421. The number of amides is 2. The molecule has 2 rings (SSSR count). The molecule has 0 saturated carbocycles. The van der Waals surface area contributed by atoms with Crippen molar-refractivity contribution in [3.8, 4) is 0 Å². The Bertz CT molecular complexity index is 677. The Hall–Kier alpha value is -1.61. The van der Waals surface area contributed by atoms with Gasteiger partial charge in [0.25, 0.3) is 15.9 Å². The van der Waals surface area contributed by atoms with E-state index < -0.39 is 33.7 Å². The molecule has 2 amide bonds. The van der Waals surface area contributed by atoms with E-state index in [1.165, 1.54) is 11.0 Å². The Morgan fingerprint density at radius 3 is 2.65 bits per heavy atom. The molecule has 1 aromatic rings. The van der Waals surface area contributed by atoms with Gasteiger partial charge in [0.05, 0.1) is 0 Å². The van der Waals surface area contributed by atoms with Crippen molar-refractivity contribution in [1.82, 2.24) is 9.62 Å². The van der Waals surface area contributed by atoms with Crippen LogP contribution < -0.4 is 4.72 Å². The predicted octanol–water partition coefficient (Wildman–Crippen LogP) is 1.95. The highest BCUT2D eigenvalue weighted by Crippen LogP contribution is 2.22. The van der Waals surface area contributed by atoms with E-state index in [4.69, 9.17) is 4.74 Å². The molecule has 0 radical (unpaired) electrons. The Labute approximate surface area is 139 Å². The lowest BCUT2D eigenvalue weighted by Gasteiger charge is -2.27. The summed E-state index contributed by atoms with van der Waals surface area (Å²) in [5.74, 6) is -0.707. The first-order valence-electron chi connectivity index (χ1n) is 7.20. The zero-order valence-corrected chi connectivity index (χ0v) is 14.9. The van der Waals surface area contributed by atoms with Crippen LogP contribution in [0.2, 0.25) is 0 Å². The summed E-state index contributed by atoms with van der Waals surface area (Å²) < 4.78 is 31.6. The molecule has 128 valence electrons. The largest absolute Gasteiger partial charge is 0.444 e. The second-order valence-electron chi connectivity index (χ2n) is 6.23. The number of hydrogen-bond donors (Lipinski definition) is 1. The van der Waals surface area contributed by atoms with E-state index in [9.17, 15) is 18.0 Å². The van der Waals surface area contributed by atoms with Crippen LogP contribution in [0.4, 0.5) is 4.79 Å². The van der Waals surface area contributed by atoms with Gasteiger partial charge >= 0.3 is 6.09 Å². The highest BCUT2D eigenvalue weighted by molar-refractivity contribution is 7.92. The summed E-state index contributed by atoms with van der Waals surface area (Å²) >= 11 is 1.02. The molecule has 7 nitrogen and oxygen atoms in total. The van der Waals surface area contributed by atoms with Gasteiger partial charge in [0.2, 0.25) is 0 Å². The van der Waals surface area contributed by atoms with E-state index in [1.54, 1.807) is 32.2 Å². The second kappa shape index (κ2) is 6.48. The van der Waals surface area contributed by atoms with E-state index in [-0.39, 0.29) is 4.21 Å². The average Bonchev–Trinajstić information content (AvgIpc) is 3.08. The van der Waals surface area contributed by atoms with Crippen molar-refractivity contribution in [3.63, 3.8) is 0 Å². The van der Waals surface area contributed by atoms with E-state index in [0.717, 1.165) is 11.3 Å². The van der Waals surface area contributed by atoms with Crippen LogP contribution in [0.25, 0.3) is 0 Å². The molecule has 1 aliphatic rings. The van der Waals surface area contributed by atoms with Gasteiger partial charge in [-0.15, -0.1) is 11.3 Å². The van der Waals surface area contributed by atoms with Crippen LogP contribution in [0.5, 0.6) is 0 Å². The van der Waals surface area contributed by atoms with Gasteiger partial charge in [-0.1, -0.05) is 6.07 Å². The zero-order valence-electron chi connectivity index (χ0n) is 13.2. The van der Waals surface area contributed by atoms with Crippen molar-refractivity contribution in [1.29, 1.82) is 0 Å². The number of nitrogens with zero attached hydrogens (tertiary/aromatic N) is 1. The minimum atomic E-state index is -3.90. The van der Waals surface area contributed by atoms with Gasteiger partial charge in [-0.05, 0) is 45.1 Å². The summed E-state index contributed by atoms with van der Waals surface area (Å²) in [4.78, 5) is 25.7. The molecule has 0 bridgehead atoms. The fourth-order valence-electron chi connectivity index (χ4n) is 2.25. The number of thiophene rings is 1. The van der Waals surface area contributed by atoms with E-state index in [2.05, 4.69) is 0 Å². The third-order valence-electron chi connectivity index (χ3n) is 3.18. The highest BCUT2D eigenvalue weighted by atomic mass is 32.2. The molecule has 1 aromatic heterocycles. The topological polar surface area (TPSA) is 92.8 Å². The molecule has 23 heavy (non-hydrogen) atoms. The van der Waals surface area contributed by atoms with Gasteiger partial charge in [0, 0.05) is 6.54 Å². The maximum Gasteiger partial charge on any atom is 0.410 e. The van der Waals surface area contributed by atoms with Crippen LogP contribution in [-0.2, 0) is 19.6 Å². The van der Waals surface area contributed by atoms with Gasteiger partial charge in [-0.25, -0.2) is 17.9 Å². The van der Waals surface area contributed by atoms with Gasteiger partial charge in [0.15, 0.2) is 0 Å². The second-order valence-corrected chi connectivity index (χ2v) is 9.09. The summed E-state index contributed by atoms with van der Waals surface area (Å²) in [6.45, 7) is 5.57. The van der Waals surface area contributed by atoms with Crippen molar-refractivity contribution in [2.45, 2.75) is 49.5 Å². The maximum atomic E-state index is 12.3. The van der Waals surface area contributed by atoms with Crippen LogP contribution in [-0.4, -0.2) is 43.5 Å². The molecule has 1 fully saturated rings. The third kappa shape index (κ3) is 4.44. The lowest BCUT2D eigenvalue weighted by Crippen LogP contribution is -2.48. The monoisotopic (exact) mass is 360 g/mol. The van der Waals surface area contributed by atoms with E-state index in [0.29, 0.717) is 19.4 Å². The Kier molecular flexibility index (Phi) is 5.00. The number of hydrogen-bond acceptors (Lipinski definition) is 6. The number of sulfonamides is 1. The molecule has 1 saturated heterocycles. The van der Waals surface area contributed by atoms with Gasteiger partial charge in [-0.3, -0.25) is 9.69 Å². The van der Waals surface area contributed by atoms with Crippen LogP contribution >= 0.6 is 11.3 Å². The molecule has 1 atom stereocenters. The van der Waals surface area contributed by atoms with Crippen LogP contribution in [0, 0.1) is 0 Å². The Morgan fingerprint density at radius 2 is 2.09 bits per heavy atom. The number of likely N-dealkylation sites (tertiary alicyclic amines) is 1. The lowest BCUT2D eigenvalue weighted by molar-refractivity contribution is -0.123. The lowest BCUT2D eigenvalue weighted by atomic mass is 10.2. The molecular weight excluding hydrogens is 340 g/mol. The molecule has 1 aliphatic heterocycles. The normalized spacial score (nSPS) is 18.7.